The maximum absolute atomic E-state index is 14.4. The molecular formula is C49H46N2O7S. The molecular weight excluding hydrogens is 761 g/mol. The average Bonchev–Trinajstić information content (AvgIpc) is 3.66. The van der Waals surface area contributed by atoms with Gasteiger partial charge in [0.2, 0.25) is 0 Å². The Balaban J connectivity index is 1.18. The molecule has 6 aromatic carbocycles. The summed E-state index contributed by atoms with van der Waals surface area (Å²) in [5.74, 6) is 0.428. The highest BCUT2D eigenvalue weighted by atomic mass is 32.2. The summed E-state index contributed by atoms with van der Waals surface area (Å²) in [7, 11) is 1.60. The summed E-state index contributed by atoms with van der Waals surface area (Å²) < 4.78 is 41.3. The van der Waals surface area contributed by atoms with Crippen LogP contribution in [0.15, 0.2) is 175 Å². The van der Waals surface area contributed by atoms with Crippen LogP contribution < -0.4 is 4.74 Å². The number of fused-ring (bicyclic) bond motifs is 1. The second-order valence-corrected chi connectivity index (χ2v) is 15.3. The number of thioether (sulfide) groups is 1. The first-order chi connectivity index (χ1) is 29.1. The molecule has 1 aliphatic rings. The second kappa shape index (κ2) is 19.9. The first-order valence-electron chi connectivity index (χ1n) is 19.7. The van der Waals surface area contributed by atoms with Crippen LogP contribution in [0.3, 0.4) is 0 Å². The molecule has 2 heterocycles. The fraction of sp³-hybridized carbons (Fsp3) is 0.224. The number of rotatable bonds is 17. The largest absolute Gasteiger partial charge is 0.497 e. The third-order valence-electron chi connectivity index (χ3n) is 10.1. The molecule has 0 radical (unpaired) electrons. The van der Waals surface area contributed by atoms with Gasteiger partial charge >= 0.3 is 0 Å². The summed E-state index contributed by atoms with van der Waals surface area (Å²) in [6.07, 6.45) is -2.51. The number of carbonyl (C=O) groups is 1. The Bertz CT molecular complexity index is 2360. The zero-order valence-electron chi connectivity index (χ0n) is 32.7. The van der Waals surface area contributed by atoms with Crippen molar-refractivity contribution in [2.75, 3.05) is 13.7 Å². The lowest BCUT2D eigenvalue weighted by atomic mass is 9.98. The highest BCUT2D eigenvalue weighted by Gasteiger charge is 2.49. The average molecular weight is 807 g/mol. The maximum Gasteiger partial charge on any atom is 0.264 e. The Hall–Kier alpha value is -5.59. The van der Waals surface area contributed by atoms with Crippen molar-refractivity contribution < 1.29 is 33.2 Å². The Morgan fingerprint density at radius 1 is 0.593 bits per heavy atom. The summed E-state index contributed by atoms with van der Waals surface area (Å²) in [6, 6.07) is 54.9. The molecule has 1 fully saturated rings. The summed E-state index contributed by atoms with van der Waals surface area (Å²) >= 11 is 1.33. The van der Waals surface area contributed by atoms with Crippen molar-refractivity contribution in [3.8, 4) is 5.75 Å². The first kappa shape index (κ1) is 40.2. The number of methoxy groups -OCH3 is 1. The quantitative estimate of drug-likeness (QED) is 0.0893. The lowest BCUT2D eigenvalue weighted by Gasteiger charge is -2.45. The van der Waals surface area contributed by atoms with Crippen LogP contribution in [0.1, 0.15) is 32.6 Å². The van der Waals surface area contributed by atoms with E-state index in [1.165, 1.54) is 11.8 Å². The lowest BCUT2D eigenvalue weighted by molar-refractivity contribution is -0.254. The maximum atomic E-state index is 14.4. The van der Waals surface area contributed by atoms with Gasteiger partial charge in [0, 0.05) is 5.56 Å². The second-order valence-electron chi connectivity index (χ2n) is 14.2. The van der Waals surface area contributed by atoms with Crippen molar-refractivity contribution in [3.05, 3.63) is 198 Å². The molecule has 1 aromatic heterocycles. The van der Waals surface area contributed by atoms with Gasteiger partial charge in [-0.1, -0.05) is 145 Å². The molecule has 300 valence electrons. The third-order valence-corrected chi connectivity index (χ3v) is 11.2. The van der Waals surface area contributed by atoms with Gasteiger partial charge in [-0.2, -0.15) is 0 Å². The molecule has 7 aromatic rings. The number of aromatic nitrogens is 2. The number of ether oxygens (including phenoxy) is 6. The summed E-state index contributed by atoms with van der Waals surface area (Å²) in [5, 5.41) is 0.458. The third kappa shape index (κ3) is 10.2. The molecule has 0 aliphatic carbocycles. The van der Waals surface area contributed by atoms with E-state index in [1.54, 1.807) is 35.9 Å². The van der Waals surface area contributed by atoms with E-state index in [-0.39, 0.29) is 12.5 Å². The van der Waals surface area contributed by atoms with Crippen molar-refractivity contribution in [2.45, 2.75) is 61.4 Å². The van der Waals surface area contributed by atoms with Crippen molar-refractivity contribution in [2.24, 2.45) is 0 Å². The van der Waals surface area contributed by atoms with Gasteiger partial charge in [0.05, 0.1) is 51.2 Å². The van der Waals surface area contributed by atoms with E-state index in [2.05, 4.69) is 0 Å². The Labute approximate surface area is 348 Å². The summed E-state index contributed by atoms with van der Waals surface area (Å²) in [5.41, 5.74) is 5.20. The zero-order chi connectivity index (χ0) is 40.2. The number of imidazole rings is 1. The SMILES string of the molecule is COc1ccc(C(=O)n2c(S[C@@H]3O[C@H](COCc4ccccc4)[C@@H](OCc4ccccc4)[C@H](OCc4ccccc4)[C@H]3OCc3ccccc3)nc3ccccc32)cc1. The Morgan fingerprint density at radius 3 is 1.64 bits per heavy atom. The number of nitrogens with zero attached hydrogens (tertiary/aromatic N) is 2. The summed E-state index contributed by atoms with van der Waals surface area (Å²) in [6.45, 7) is 1.53. The molecule has 0 spiro atoms. The van der Waals surface area contributed by atoms with Gasteiger partial charge in [0.25, 0.3) is 5.91 Å². The highest BCUT2D eigenvalue weighted by Crippen LogP contribution is 2.39. The van der Waals surface area contributed by atoms with Crippen LogP contribution in [0.2, 0.25) is 0 Å². The number of para-hydroxylation sites is 2. The topological polar surface area (TPSA) is 90.3 Å². The van der Waals surface area contributed by atoms with Crippen molar-refractivity contribution in [1.29, 1.82) is 0 Å². The molecule has 1 saturated heterocycles. The molecule has 0 N–H and O–H groups in total. The van der Waals surface area contributed by atoms with Gasteiger partial charge in [-0.25, -0.2) is 4.98 Å². The van der Waals surface area contributed by atoms with Crippen molar-refractivity contribution in [3.63, 3.8) is 0 Å². The number of hydrogen-bond donors (Lipinski definition) is 0. The molecule has 0 saturated carbocycles. The van der Waals surface area contributed by atoms with Gasteiger partial charge in [-0.05, 0) is 58.7 Å². The lowest BCUT2D eigenvalue weighted by Crippen LogP contribution is -2.60. The van der Waals surface area contributed by atoms with Crippen LogP contribution in [0, 0.1) is 0 Å². The van der Waals surface area contributed by atoms with Crippen LogP contribution in [0.25, 0.3) is 11.0 Å². The van der Waals surface area contributed by atoms with Crippen LogP contribution in [0.4, 0.5) is 0 Å². The van der Waals surface area contributed by atoms with E-state index < -0.39 is 29.9 Å². The van der Waals surface area contributed by atoms with Gasteiger partial charge in [-0.15, -0.1) is 0 Å². The molecule has 59 heavy (non-hydrogen) atoms. The number of carbonyl (C=O) groups excluding carboxylic acids is 1. The number of benzene rings is 6. The molecule has 0 bridgehead atoms. The molecule has 10 heteroatoms. The van der Waals surface area contributed by atoms with Gasteiger partial charge in [0.1, 0.15) is 35.6 Å². The fourth-order valence-corrected chi connectivity index (χ4v) is 8.30. The van der Waals surface area contributed by atoms with E-state index in [0.29, 0.717) is 53.9 Å². The highest BCUT2D eigenvalue weighted by molar-refractivity contribution is 7.99. The van der Waals surface area contributed by atoms with Crippen LogP contribution in [-0.2, 0) is 50.1 Å². The van der Waals surface area contributed by atoms with E-state index in [4.69, 9.17) is 33.4 Å². The predicted octanol–water partition coefficient (Wildman–Crippen LogP) is 9.52. The molecule has 1 aliphatic heterocycles. The Kier molecular flexibility index (Phi) is 13.6. The zero-order valence-corrected chi connectivity index (χ0v) is 33.6. The Morgan fingerprint density at radius 2 is 1.08 bits per heavy atom. The standard InChI is InChI=1S/C49H46N2O7S/c1-53-40-28-26-39(27-29-40)47(52)51-42-25-15-14-24-41(42)50-49(51)59-48-46(57-33-38-22-12-5-13-23-38)45(56-32-37-20-10-4-11-21-37)44(55-31-36-18-8-3-9-19-36)43(58-48)34-54-30-35-16-6-2-7-17-35/h2-29,43-46,48H,30-34H2,1H3/t43-,44-,45+,46-,48+/m1/s1. The van der Waals surface area contributed by atoms with Crippen LogP contribution >= 0.6 is 11.8 Å². The van der Waals surface area contributed by atoms with Crippen LogP contribution in [0.5, 0.6) is 5.75 Å². The van der Waals surface area contributed by atoms with E-state index in [1.807, 2.05) is 146 Å². The fourth-order valence-electron chi connectivity index (χ4n) is 7.09. The van der Waals surface area contributed by atoms with Crippen molar-refractivity contribution >= 4 is 28.7 Å². The van der Waals surface area contributed by atoms with Gasteiger partial charge < -0.3 is 28.4 Å². The molecule has 0 unspecified atom stereocenters. The predicted molar refractivity (Wildman–Crippen MR) is 228 cm³/mol. The molecule has 8 rings (SSSR count). The van der Waals surface area contributed by atoms with Gasteiger partial charge in [-0.3, -0.25) is 9.36 Å². The molecule has 0 amide bonds. The van der Waals surface area contributed by atoms with Crippen molar-refractivity contribution in [1.82, 2.24) is 9.55 Å². The normalized spacial score (nSPS) is 19.1. The minimum absolute atomic E-state index is 0.212. The van der Waals surface area contributed by atoms with Crippen LogP contribution in [-0.4, -0.2) is 59.0 Å². The first-order valence-corrected chi connectivity index (χ1v) is 20.6. The van der Waals surface area contributed by atoms with E-state index in [9.17, 15) is 4.79 Å². The number of hydrogen-bond acceptors (Lipinski definition) is 9. The smallest absolute Gasteiger partial charge is 0.264 e. The molecule has 9 nitrogen and oxygen atoms in total. The van der Waals surface area contributed by atoms with Gasteiger partial charge in [0.15, 0.2) is 5.16 Å². The molecule has 5 atom stereocenters. The van der Waals surface area contributed by atoms with E-state index in [0.717, 1.165) is 22.3 Å². The monoisotopic (exact) mass is 806 g/mol. The minimum atomic E-state index is -0.708. The summed E-state index contributed by atoms with van der Waals surface area (Å²) in [4.78, 5) is 19.5. The minimum Gasteiger partial charge on any atom is -0.497 e. The van der Waals surface area contributed by atoms with E-state index >= 15 is 0 Å².